The first kappa shape index (κ1) is 106. The molecule has 0 aliphatic heterocycles. The molecule has 1 atom stereocenters. The minimum Gasteiger partial charge on any atom is -0.379 e. The predicted octanol–water partition coefficient (Wildman–Crippen LogP) is 24.3. The molecular weight excluding hydrogens is 1350 g/mol. The highest BCUT2D eigenvalue weighted by molar-refractivity contribution is 5.84. The van der Waals surface area contributed by atoms with Crippen LogP contribution >= 0.6 is 0 Å². The highest BCUT2D eigenvalue weighted by Crippen LogP contribution is 2.26. The largest absolute Gasteiger partial charge is 0.379 e. The van der Waals surface area contributed by atoms with Gasteiger partial charge in [0.15, 0.2) is 0 Å². The molecular formula is C95H190N8O6. The van der Waals surface area contributed by atoms with Crippen LogP contribution in [0.4, 0.5) is 0 Å². The number of unbranched alkanes of at least 4 members (excludes halogenated alkanes) is 45. The fourth-order valence-electron chi connectivity index (χ4n) is 15.7. The van der Waals surface area contributed by atoms with Gasteiger partial charge in [0.05, 0.1) is 0 Å². The lowest BCUT2D eigenvalue weighted by molar-refractivity contribution is -0.130. The highest BCUT2D eigenvalue weighted by Gasteiger charge is 2.28. The van der Waals surface area contributed by atoms with E-state index in [-0.39, 0.29) is 42.4 Å². The number of aliphatic hydroxyl groups excluding tert-OH is 1. The van der Waals surface area contributed by atoms with Gasteiger partial charge in [-0.2, -0.15) is 0 Å². The highest BCUT2D eigenvalue weighted by atomic mass is 16.3. The third kappa shape index (κ3) is 71.5. The average molecular weight is 1540 g/mol. The Morgan fingerprint density at radius 2 is 0.532 bits per heavy atom. The predicted molar refractivity (Wildman–Crippen MR) is 471 cm³/mol. The lowest BCUT2D eigenvalue weighted by Gasteiger charge is -2.26. The van der Waals surface area contributed by atoms with Crippen LogP contribution in [0.5, 0.6) is 0 Å². The maximum atomic E-state index is 13.4. The van der Waals surface area contributed by atoms with Crippen LogP contribution in [0.1, 0.15) is 487 Å². The summed E-state index contributed by atoms with van der Waals surface area (Å²) in [5, 5.41) is 31.1. The molecule has 0 rings (SSSR count). The number of nitrogens with zero attached hydrogens (tertiary/aromatic N) is 2. The zero-order valence-corrected chi connectivity index (χ0v) is 74.6. The molecule has 0 radical (unpaired) electrons. The van der Waals surface area contributed by atoms with Gasteiger partial charge in [-0.05, 0) is 122 Å². The number of amides is 5. The zero-order valence-electron chi connectivity index (χ0n) is 74.6. The van der Waals surface area contributed by atoms with E-state index < -0.39 is 17.1 Å². The summed E-state index contributed by atoms with van der Waals surface area (Å²) in [5.74, 6) is 0.326. The summed E-state index contributed by atoms with van der Waals surface area (Å²) in [5.41, 5.74) is -0.857. The molecule has 0 aliphatic carbocycles. The van der Waals surface area contributed by atoms with Crippen LogP contribution in [0, 0.1) is 10.8 Å². The Morgan fingerprint density at radius 3 is 0.862 bits per heavy atom. The summed E-state index contributed by atoms with van der Waals surface area (Å²) < 4.78 is 0. The fraction of sp³-hybridized carbons (Fsp3) is 0.947. The van der Waals surface area contributed by atoms with Gasteiger partial charge < -0.3 is 41.5 Å². The second kappa shape index (κ2) is 79.0. The number of rotatable bonds is 87. The van der Waals surface area contributed by atoms with Crippen LogP contribution in [0.3, 0.4) is 0 Å². The van der Waals surface area contributed by atoms with Gasteiger partial charge >= 0.3 is 0 Å². The van der Waals surface area contributed by atoms with E-state index in [1.54, 1.807) is 0 Å². The maximum absolute atomic E-state index is 13.4. The van der Waals surface area contributed by atoms with Gasteiger partial charge in [0.2, 0.25) is 29.5 Å². The van der Waals surface area contributed by atoms with Crippen molar-refractivity contribution >= 4 is 29.5 Å². The number of carbonyl (C=O) groups excluding carboxylic acids is 5. The average Bonchev–Trinajstić information content (AvgIpc) is 0.902. The second-order valence-corrected chi connectivity index (χ2v) is 35.3. The molecule has 0 aliphatic rings. The van der Waals surface area contributed by atoms with E-state index in [2.05, 4.69) is 111 Å². The summed E-state index contributed by atoms with van der Waals surface area (Å²) in [7, 11) is 0. The topological polar surface area (TPSA) is 184 Å². The van der Waals surface area contributed by atoms with Crippen LogP contribution in [0.15, 0.2) is 0 Å². The van der Waals surface area contributed by atoms with Crippen LogP contribution < -0.4 is 31.9 Å². The Labute approximate surface area is 677 Å². The van der Waals surface area contributed by atoms with Gasteiger partial charge in [0, 0.05) is 81.4 Å². The summed E-state index contributed by atoms with van der Waals surface area (Å²) >= 11 is 0. The molecule has 5 amide bonds. The van der Waals surface area contributed by atoms with Crippen molar-refractivity contribution in [2.45, 2.75) is 505 Å². The van der Waals surface area contributed by atoms with Crippen molar-refractivity contribution < 1.29 is 29.1 Å². The van der Waals surface area contributed by atoms with Gasteiger partial charge in [-0.15, -0.1) is 0 Å². The van der Waals surface area contributed by atoms with E-state index in [0.29, 0.717) is 31.6 Å². The quantitative estimate of drug-likeness (QED) is 0.0230. The summed E-state index contributed by atoms with van der Waals surface area (Å²) in [6.45, 7) is 29.7. The van der Waals surface area contributed by atoms with E-state index in [0.717, 1.165) is 181 Å². The first-order chi connectivity index (χ1) is 53.0. The maximum Gasteiger partial charge on any atom is 0.225 e. The Bertz CT molecular complexity index is 1980. The van der Waals surface area contributed by atoms with Crippen molar-refractivity contribution in [2.75, 3.05) is 65.4 Å². The molecule has 14 nitrogen and oxygen atoms in total. The summed E-state index contributed by atoms with van der Waals surface area (Å²) in [6, 6.07) is 0.702. The molecule has 0 aromatic carbocycles. The number of nitrogens with one attached hydrogen (secondary N) is 6. The van der Waals surface area contributed by atoms with E-state index in [1.165, 1.54) is 270 Å². The minimum atomic E-state index is -0.439. The molecule has 0 spiro atoms. The molecule has 7 N–H and O–H groups in total. The number of hydrogen-bond donors (Lipinski definition) is 7. The van der Waals surface area contributed by atoms with Crippen molar-refractivity contribution in [2.24, 2.45) is 10.8 Å². The molecule has 0 bridgehead atoms. The van der Waals surface area contributed by atoms with E-state index in [9.17, 15) is 29.1 Å². The molecule has 0 aromatic rings. The van der Waals surface area contributed by atoms with Crippen LogP contribution in [-0.2, 0) is 24.0 Å². The van der Waals surface area contributed by atoms with E-state index in [4.69, 9.17) is 0 Å². The number of carbonyl (C=O) groups is 5. The van der Waals surface area contributed by atoms with E-state index in [1.807, 2.05) is 0 Å². The molecule has 0 aromatic heterocycles. The molecule has 0 heterocycles. The monoisotopic (exact) mass is 1540 g/mol. The normalized spacial score (nSPS) is 12.3. The molecule has 1 unspecified atom stereocenters. The Morgan fingerprint density at radius 1 is 0.266 bits per heavy atom. The van der Waals surface area contributed by atoms with Gasteiger partial charge in [-0.1, -0.05) is 371 Å². The van der Waals surface area contributed by atoms with Crippen LogP contribution in [-0.4, -0.2) is 128 Å². The molecule has 109 heavy (non-hydrogen) atoms. The van der Waals surface area contributed by atoms with Gasteiger partial charge in [-0.3, -0.25) is 29.3 Å². The molecule has 14 heteroatoms. The third-order valence-electron chi connectivity index (χ3n) is 23.5. The van der Waals surface area contributed by atoms with Crippen molar-refractivity contribution in [3.8, 4) is 0 Å². The number of hydrogen-bond acceptors (Lipinski definition) is 9. The zero-order chi connectivity index (χ0) is 80.0. The summed E-state index contributed by atoms with van der Waals surface area (Å²) in [6.07, 6.45) is 74.6. The molecule has 0 saturated carbocycles. The van der Waals surface area contributed by atoms with Crippen LogP contribution in [0.25, 0.3) is 0 Å². The minimum absolute atomic E-state index is 0.0987. The number of aliphatic hydroxyl groups is 1. The van der Waals surface area contributed by atoms with Gasteiger partial charge in [-0.25, -0.2) is 0 Å². The first-order valence-electron chi connectivity index (χ1n) is 48.3. The Hall–Kier alpha value is -2.81. The van der Waals surface area contributed by atoms with Gasteiger partial charge in [0.25, 0.3) is 0 Å². The Balaban J connectivity index is 5.64. The standard InChI is InChI=1S/C95H190N8O6/c1-11-17-23-29-35-37-39-48-60-76-98-92(108)94(7,8)74-58-64-82-102(80-62-50-41-46-56-70-90(106)100-86(66-52-42-31-25-19-13-3)67-53-43-32-26-20-14-4)84-78-96-88(104)72-73-89(105)97-79-85-103(83-65-59-75-95(9,10)93(109)99-77-61-49-40-38-36-30-24-18-12-2)81-63-51-47-57-71-91(107)101-87(68-54-44-33-27-21-15-5)69-55-45-34-28-22-16-6/h86-87,90,100,106H,11-85H2,1-10H3,(H,96,104)(H,97,105)(H,98,108)(H,99,109)(H,101,107). The van der Waals surface area contributed by atoms with Crippen molar-refractivity contribution in [1.29, 1.82) is 0 Å². The molecule has 0 saturated heterocycles. The third-order valence-corrected chi connectivity index (χ3v) is 23.5. The SMILES string of the molecule is CCCCCCCCCCCNC(=O)C(C)(C)CCCCN(CCCCCCCC(O)NC(CCCCCCCC)CCCCCCCC)CCNC(=O)CCC(=O)NCCN(CCCCCCC(=O)NC(CCCCCCCC)CCCCCCCC)CCCCC(C)(C)C(=O)NCCCCCCCCCCC. The van der Waals surface area contributed by atoms with Crippen LogP contribution in [0.2, 0.25) is 0 Å². The van der Waals surface area contributed by atoms with Crippen molar-refractivity contribution in [1.82, 2.24) is 41.7 Å². The van der Waals surface area contributed by atoms with Crippen molar-refractivity contribution in [3.05, 3.63) is 0 Å². The summed E-state index contributed by atoms with van der Waals surface area (Å²) in [4.78, 5) is 71.8. The van der Waals surface area contributed by atoms with E-state index >= 15 is 0 Å². The first-order valence-corrected chi connectivity index (χ1v) is 48.3. The molecule has 646 valence electrons. The lowest BCUT2D eigenvalue weighted by Crippen LogP contribution is -2.38. The molecule has 0 fully saturated rings. The van der Waals surface area contributed by atoms with Crippen molar-refractivity contribution in [3.63, 3.8) is 0 Å². The lowest BCUT2D eigenvalue weighted by atomic mass is 9.86. The Kier molecular flexibility index (Phi) is 77.0. The fourth-order valence-corrected chi connectivity index (χ4v) is 15.7. The van der Waals surface area contributed by atoms with Gasteiger partial charge in [0.1, 0.15) is 6.23 Å². The second-order valence-electron chi connectivity index (χ2n) is 35.3. The smallest absolute Gasteiger partial charge is 0.225 e.